The first-order valence-corrected chi connectivity index (χ1v) is 7.64. The molecule has 0 unspecified atom stereocenters. The lowest BCUT2D eigenvalue weighted by Gasteiger charge is -2.12. The van der Waals surface area contributed by atoms with Crippen molar-refractivity contribution in [2.45, 2.75) is 6.92 Å². The van der Waals surface area contributed by atoms with Crippen LogP contribution in [0.25, 0.3) is 5.69 Å². The minimum Gasteiger partial charge on any atom is -0.483 e. The molecule has 2 aromatic carbocycles. The average molecular weight is 343 g/mol. The zero-order chi connectivity index (χ0) is 16.9. The van der Waals surface area contributed by atoms with Crippen LogP contribution in [0.5, 0.6) is 5.75 Å². The van der Waals surface area contributed by atoms with Crippen LogP contribution in [0.3, 0.4) is 0 Å². The highest BCUT2D eigenvalue weighted by Crippen LogP contribution is 2.24. The summed E-state index contributed by atoms with van der Waals surface area (Å²) in [7, 11) is 0. The number of rotatable bonds is 5. The Morgan fingerprint density at radius 1 is 1.29 bits per heavy atom. The fraction of sp³-hybridized carbons (Fsp3) is 0.118. The molecule has 0 saturated heterocycles. The SMILES string of the molecule is Cc1ccccc1OCC(=O)Nc1cc(Cl)ccc1-n1cncn1. The number of benzene rings is 2. The van der Waals surface area contributed by atoms with Crippen LogP contribution >= 0.6 is 11.6 Å². The molecule has 0 aliphatic carbocycles. The van der Waals surface area contributed by atoms with Crippen LogP contribution in [0, 0.1) is 6.92 Å². The standard InChI is InChI=1S/C17H15ClN4O2/c1-12-4-2-3-5-16(12)24-9-17(23)21-14-8-13(18)6-7-15(14)22-11-19-10-20-22/h2-8,10-11H,9H2,1H3,(H,21,23). The average Bonchev–Trinajstić information content (AvgIpc) is 3.08. The largest absolute Gasteiger partial charge is 0.483 e. The van der Waals surface area contributed by atoms with Gasteiger partial charge in [0.1, 0.15) is 18.4 Å². The van der Waals surface area contributed by atoms with Crippen molar-refractivity contribution < 1.29 is 9.53 Å². The third kappa shape index (κ3) is 3.72. The smallest absolute Gasteiger partial charge is 0.262 e. The maximum atomic E-state index is 12.2. The third-order valence-electron chi connectivity index (χ3n) is 3.35. The first-order chi connectivity index (χ1) is 11.6. The lowest BCUT2D eigenvalue weighted by Crippen LogP contribution is -2.21. The lowest BCUT2D eigenvalue weighted by atomic mass is 10.2. The van der Waals surface area contributed by atoms with Crippen molar-refractivity contribution in [3.05, 3.63) is 65.7 Å². The predicted octanol–water partition coefficient (Wildman–Crippen LogP) is 3.25. The van der Waals surface area contributed by atoms with Crippen molar-refractivity contribution >= 4 is 23.2 Å². The van der Waals surface area contributed by atoms with Gasteiger partial charge in [-0.05, 0) is 36.8 Å². The zero-order valence-corrected chi connectivity index (χ0v) is 13.7. The minimum absolute atomic E-state index is 0.103. The Morgan fingerprint density at radius 2 is 2.12 bits per heavy atom. The number of aromatic nitrogens is 3. The number of para-hydroxylation sites is 1. The van der Waals surface area contributed by atoms with Gasteiger partial charge in [-0.25, -0.2) is 9.67 Å². The topological polar surface area (TPSA) is 69.0 Å². The normalized spacial score (nSPS) is 10.4. The Labute approximate surface area is 144 Å². The van der Waals surface area contributed by atoms with Crippen LogP contribution in [0.15, 0.2) is 55.1 Å². The van der Waals surface area contributed by atoms with E-state index in [0.717, 1.165) is 5.56 Å². The molecule has 1 aromatic heterocycles. The number of carbonyl (C=O) groups excluding carboxylic acids is 1. The van der Waals surface area contributed by atoms with Gasteiger partial charge in [-0.15, -0.1) is 0 Å². The van der Waals surface area contributed by atoms with Gasteiger partial charge >= 0.3 is 0 Å². The molecule has 0 atom stereocenters. The van der Waals surface area contributed by atoms with Crippen LogP contribution in [0.2, 0.25) is 5.02 Å². The van der Waals surface area contributed by atoms with E-state index in [9.17, 15) is 4.79 Å². The highest BCUT2D eigenvalue weighted by Gasteiger charge is 2.11. The summed E-state index contributed by atoms with van der Waals surface area (Å²) in [4.78, 5) is 16.1. The molecule has 0 spiro atoms. The Balaban J connectivity index is 1.72. The second kappa shape index (κ2) is 7.14. The number of hydrogen-bond donors (Lipinski definition) is 1. The molecule has 122 valence electrons. The summed E-state index contributed by atoms with van der Waals surface area (Å²) in [6, 6.07) is 12.7. The molecule has 0 radical (unpaired) electrons. The summed E-state index contributed by atoms with van der Waals surface area (Å²) in [5, 5.41) is 7.37. The number of ether oxygens (including phenoxy) is 1. The fourth-order valence-corrected chi connectivity index (χ4v) is 2.36. The van der Waals surface area contributed by atoms with Gasteiger partial charge in [0.05, 0.1) is 11.4 Å². The second-order valence-electron chi connectivity index (χ2n) is 5.10. The van der Waals surface area contributed by atoms with E-state index in [1.54, 1.807) is 29.2 Å². The van der Waals surface area contributed by atoms with Crippen LogP contribution in [0.1, 0.15) is 5.56 Å². The highest BCUT2D eigenvalue weighted by atomic mass is 35.5. The first kappa shape index (κ1) is 16.0. The molecular weight excluding hydrogens is 328 g/mol. The lowest BCUT2D eigenvalue weighted by molar-refractivity contribution is -0.118. The third-order valence-corrected chi connectivity index (χ3v) is 3.59. The van der Waals surface area contributed by atoms with Gasteiger partial charge < -0.3 is 10.1 Å². The molecular formula is C17H15ClN4O2. The Morgan fingerprint density at radius 3 is 2.88 bits per heavy atom. The number of halogens is 1. The molecule has 0 bridgehead atoms. The Hall–Kier alpha value is -2.86. The number of hydrogen-bond acceptors (Lipinski definition) is 4. The molecule has 1 amide bonds. The molecule has 0 fully saturated rings. The van der Waals surface area contributed by atoms with Crippen molar-refractivity contribution in [3.63, 3.8) is 0 Å². The Bertz CT molecular complexity index is 850. The summed E-state index contributed by atoms with van der Waals surface area (Å²) in [5.41, 5.74) is 2.17. The first-order valence-electron chi connectivity index (χ1n) is 7.26. The zero-order valence-electron chi connectivity index (χ0n) is 12.9. The Kier molecular flexibility index (Phi) is 4.77. The summed E-state index contributed by atoms with van der Waals surface area (Å²) in [6.07, 6.45) is 2.96. The van der Waals surface area contributed by atoms with Crippen molar-refractivity contribution in [1.29, 1.82) is 0 Å². The molecule has 1 heterocycles. The van der Waals surface area contributed by atoms with Crippen molar-refractivity contribution in [2.75, 3.05) is 11.9 Å². The summed E-state index contributed by atoms with van der Waals surface area (Å²) >= 11 is 6.03. The van der Waals surface area contributed by atoms with Crippen LogP contribution < -0.4 is 10.1 Å². The molecule has 24 heavy (non-hydrogen) atoms. The number of carbonyl (C=O) groups is 1. The van der Waals surface area contributed by atoms with Gasteiger partial charge in [-0.1, -0.05) is 29.8 Å². The van der Waals surface area contributed by atoms with Crippen LogP contribution in [-0.2, 0) is 4.79 Å². The monoisotopic (exact) mass is 342 g/mol. The predicted molar refractivity (Wildman–Crippen MR) is 91.7 cm³/mol. The van der Waals surface area contributed by atoms with Gasteiger partial charge in [0.2, 0.25) is 0 Å². The molecule has 6 nitrogen and oxygen atoms in total. The number of anilines is 1. The van der Waals surface area contributed by atoms with Crippen molar-refractivity contribution in [1.82, 2.24) is 14.8 Å². The van der Waals surface area contributed by atoms with E-state index < -0.39 is 0 Å². The van der Waals surface area contributed by atoms with E-state index in [1.165, 1.54) is 6.33 Å². The summed E-state index contributed by atoms with van der Waals surface area (Å²) in [5.74, 6) is 0.386. The molecule has 0 saturated carbocycles. The maximum absolute atomic E-state index is 12.2. The highest BCUT2D eigenvalue weighted by molar-refractivity contribution is 6.31. The van der Waals surface area contributed by atoms with E-state index in [-0.39, 0.29) is 12.5 Å². The van der Waals surface area contributed by atoms with Gasteiger partial charge in [-0.2, -0.15) is 5.10 Å². The van der Waals surface area contributed by atoms with Gasteiger partial charge in [0.15, 0.2) is 6.61 Å². The summed E-state index contributed by atoms with van der Waals surface area (Å²) in [6.45, 7) is 1.82. The molecule has 0 aliphatic heterocycles. The van der Waals surface area contributed by atoms with Gasteiger partial charge in [0, 0.05) is 5.02 Å². The molecule has 7 heteroatoms. The molecule has 3 rings (SSSR count). The van der Waals surface area contributed by atoms with Gasteiger partial charge in [0.25, 0.3) is 5.91 Å². The number of amides is 1. The van der Waals surface area contributed by atoms with Crippen LogP contribution in [0.4, 0.5) is 5.69 Å². The van der Waals surface area contributed by atoms with E-state index in [0.29, 0.717) is 22.1 Å². The molecule has 1 N–H and O–H groups in total. The number of nitrogens with zero attached hydrogens (tertiary/aromatic N) is 3. The molecule has 0 aliphatic rings. The van der Waals surface area contributed by atoms with E-state index in [4.69, 9.17) is 16.3 Å². The number of aryl methyl sites for hydroxylation is 1. The fourth-order valence-electron chi connectivity index (χ4n) is 2.19. The molecule has 3 aromatic rings. The van der Waals surface area contributed by atoms with E-state index in [2.05, 4.69) is 15.4 Å². The van der Waals surface area contributed by atoms with Gasteiger partial charge in [-0.3, -0.25) is 4.79 Å². The van der Waals surface area contributed by atoms with E-state index >= 15 is 0 Å². The van der Waals surface area contributed by atoms with Crippen molar-refractivity contribution in [3.8, 4) is 11.4 Å². The van der Waals surface area contributed by atoms with E-state index in [1.807, 2.05) is 31.2 Å². The second-order valence-corrected chi connectivity index (χ2v) is 5.54. The van der Waals surface area contributed by atoms with Crippen LogP contribution in [-0.4, -0.2) is 27.3 Å². The summed E-state index contributed by atoms with van der Waals surface area (Å²) < 4.78 is 7.10. The van der Waals surface area contributed by atoms with Crippen molar-refractivity contribution in [2.24, 2.45) is 0 Å². The quantitative estimate of drug-likeness (QED) is 0.772. The number of nitrogens with one attached hydrogen (secondary N) is 1. The maximum Gasteiger partial charge on any atom is 0.262 e. The minimum atomic E-state index is -0.290.